The van der Waals surface area contributed by atoms with Gasteiger partial charge in [0.25, 0.3) is 0 Å². The van der Waals surface area contributed by atoms with Crippen molar-refractivity contribution in [2.24, 2.45) is 0 Å². The molecule has 0 aliphatic carbocycles. The maximum Gasteiger partial charge on any atom is 0.119 e. The topological polar surface area (TPSA) is 50.8 Å². The van der Waals surface area contributed by atoms with Crippen molar-refractivity contribution in [2.75, 3.05) is 6.61 Å². The number of hydrogen-bond donors (Lipinski definition) is 0. The van der Waals surface area contributed by atoms with Gasteiger partial charge in [-0.1, -0.05) is 12.1 Å². The molecule has 104 valence electrons. The molecule has 20 heavy (non-hydrogen) atoms. The standard InChI is InChI=1S/C15H16BrN3O/c1-11-15(16)12(2)19(18-11)9-10-20-14-5-3-13(4-6-14)7-8-17/h3-6H,7,9-10H2,1-2H3. The first-order valence-corrected chi connectivity index (χ1v) is 7.19. The smallest absolute Gasteiger partial charge is 0.119 e. The van der Waals surface area contributed by atoms with Crippen molar-refractivity contribution < 1.29 is 4.74 Å². The van der Waals surface area contributed by atoms with Crippen LogP contribution in [0.25, 0.3) is 0 Å². The second kappa shape index (κ2) is 6.58. The first-order chi connectivity index (χ1) is 9.61. The summed E-state index contributed by atoms with van der Waals surface area (Å²) in [5, 5.41) is 13.0. The molecule has 2 aromatic rings. The lowest BCUT2D eigenvalue weighted by atomic mass is 10.2. The van der Waals surface area contributed by atoms with Gasteiger partial charge in [-0.15, -0.1) is 0 Å². The van der Waals surface area contributed by atoms with Gasteiger partial charge in [-0.05, 0) is 47.5 Å². The summed E-state index contributed by atoms with van der Waals surface area (Å²) in [7, 11) is 0. The fraction of sp³-hybridized carbons (Fsp3) is 0.333. The average Bonchev–Trinajstić information content (AvgIpc) is 2.69. The number of rotatable bonds is 5. The zero-order chi connectivity index (χ0) is 14.5. The van der Waals surface area contributed by atoms with Gasteiger partial charge in [-0.25, -0.2) is 0 Å². The fourth-order valence-electron chi connectivity index (χ4n) is 1.94. The molecule has 1 aromatic carbocycles. The Kier molecular flexibility index (Phi) is 4.80. The third kappa shape index (κ3) is 3.40. The molecule has 0 saturated heterocycles. The molecule has 0 aliphatic rings. The Balaban J connectivity index is 1.89. The largest absolute Gasteiger partial charge is 0.492 e. The van der Waals surface area contributed by atoms with Crippen LogP contribution in [-0.4, -0.2) is 16.4 Å². The minimum absolute atomic E-state index is 0.431. The molecule has 0 aliphatic heterocycles. The summed E-state index contributed by atoms with van der Waals surface area (Å²) in [5.41, 5.74) is 3.10. The van der Waals surface area contributed by atoms with E-state index in [1.165, 1.54) is 0 Å². The van der Waals surface area contributed by atoms with Gasteiger partial charge in [0.05, 0.1) is 29.2 Å². The SMILES string of the molecule is Cc1nn(CCOc2ccc(CC#N)cc2)c(C)c1Br. The van der Waals surface area contributed by atoms with E-state index in [1.54, 1.807) is 0 Å². The highest BCUT2D eigenvalue weighted by molar-refractivity contribution is 9.10. The molecule has 5 heteroatoms. The van der Waals surface area contributed by atoms with Gasteiger partial charge in [0.15, 0.2) is 0 Å². The van der Waals surface area contributed by atoms with E-state index in [1.807, 2.05) is 42.8 Å². The van der Waals surface area contributed by atoms with E-state index in [4.69, 9.17) is 10.00 Å². The molecule has 0 fully saturated rings. The summed E-state index contributed by atoms with van der Waals surface area (Å²) in [6.45, 7) is 5.27. The van der Waals surface area contributed by atoms with Gasteiger partial charge in [-0.3, -0.25) is 4.68 Å². The zero-order valence-electron chi connectivity index (χ0n) is 11.6. The molecule has 4 nitrogen and oxygen atoms in total. The van der Waals surface area contributed by atoms with Crippen LogP contribution in [0.2, 0.25) is 0 Å². The number of aromatic nitrogens is 2. The van der Waals surface area contributed by atoms with Crippen molar-refractivity contribution in [3.8, 4) is 11.8 Å². The number of ether oxygens (including phenoxy) is 1. The molecular weight excluding hydrogens is 318 g/mol. The lowest BCUT2D eigenvalue weighted by molar-refractivity contribution is 0.289. The third-order valence-electron chi connectivity index (χ3n) is 3.07. The van der Waals surface area contributed by atoms with E-state index in [9.17, 15) is 0 Å². The van der Waals surface area contributed by atoms with Crippen LogP contribution in [-0.2, 0) is 13.0 Å². The van der Waals surface area contributed by atoms with Crippen LogP contribution in [0.15, 0.2) is 28.7 Å². The maximum atomic E-state index is 8.61. The highest BCUT2D eigenvalue weighted by atomic mass is 79.9. The zero-order valence-corrected chi connectivity index (χ0v) is 13.1. The van der Waals surface area contributed by atoms with Crippen molar-refractivity contribution in [1.29, 1.82) is 5.26 Å². The van der Waals surface area contributed by atoms with Crippen molar-refractivity contribution in [3.63, 3.8) is 0 Å². The summed E-state index contributed by atoms with van der Waals surface area (Å²) in [4.78, 5) is 0. The van der Waals surface area contributed by atoms with Crippen LogP contribution in [0.4, 0.5) is 0 Å². The van der Waals surface area contributed by atoms with Gasteiger partial charge in [0.1, 0.15) is 12.4 Å². The van der Waals surface area contributed by atoms with Crippen LogP contribution in [0.3, 0.4) is 0 Å². The number of nitrogens with zero attached hydrogens (tertiary/aromatic N) is 3. The molecule has 0 spiro atoms. The van der Waals surface area contributed by atoms with Crippen LogP contribution in [0.1, 0.15) is 17.0 Å². The predicted octanol–water partition coefficient (Wildman–Crippen LogP) is 3.41. The summed E-state index contributed by atoms with van der Waals surface area (Å²) in [6.07, 6.45) is 0.431. The van der Waals surface area contributed by atoms with E-state index in [2.05, 4.69) is 27.1 Å². The van der Waals surface area contributed by atoms with Crippen LogP contribution < -0.4 is 4.74 Å². The molecule has 1 aromatic heterocycles. The van der Waals surface area contributed by atoms with Gasteiger partial charge in [0, 0.05) is 5.69 Å². The number of nitriles is 1. The Labute approximate surface area is 127 Å². The maximum absolute atomic E-state index is 8.61. The molecule has 0 N–H and O–H groups in total. The lowest BCUT2D eigenvalue weighted by Gasteiger charge is -2.08. The molecule has 0 bridgehead atoms. The highest BCUT2D eigenvalue weighted by Gasteiger charge is 2.08. The summed E-state index contributed by atoms with van der Waals surface area (Å²) in [6, 6.07) is 9.74. The molecule has 0 atom stereocenters. The molecule has 2 rings (SSSR count). The minimum Gasteiger partial charge on any atom is -0.492 e. The second-order valence-electron chi connectivity index (χ2n) is 4.54. The van der Waals surface area contributed by atoms with E-state index in [0.717, 1.165) is 27.2 Å². The Hall–Kier alpha value is -1.80. The first kappa shape index (κ1) is 14.6. The fourth-order valence-corrected chi connectivity index (χ4v) is 2.22. The van der Waals surface area contributed by atoms with Crippen LogP contribution >= 0.6 is 15.9 Å². The van der Waals surface area contributed by atoms with Crippen molar-refractivity contribution in [1.82, 2.24) is 9.78 Å². The van der Waals surface area contributed by atoms with E-state index in [-0.39, 0.29) is 0 Å². The molecular formula is C15H16BrN3O. The van der Waals surface area contributed by atoms with Crippen LogP contribution in [0.5, 0.6) is 5.75 Å². The molecule has 0 unspecified atom stereocenters. The highest BCUT2D eigenvalue weighted by Crippen LogP contribution is 2.19. The Morgan fingerprint density at radius 2 is 2.00 bits per heavy atom. The molecule has 0 radical (unpaired) electrons. The monoisotopic (exact) mass is 333 g/mol. The normalized spacial score (nSPS) is 10.3. The number of halogens is 1. The second-order valence-corrected chi connectivity index (χ2v) is 5.33. The molecule has 1 heterocycles. The number of aryl methyl sites for hydroxylation is 1. The quantitative estimate of drug-likeness (QED) is 0.842. The third-order valence-corrected chi connectivity index (χ3v) is 4.22. The van der Waals surface area contributed by atoms with Crippen molar-refractivity contribution in [2.45, 2.75) is 26.8 Å². The molecule has 0 amide bonds. The van der Waals surface area contributed by atoms with Gasteiger partial charge >= 0.3 is 0 Å². The average molecular weight is 334 g/mol. The number of hydrogen-bond acceptors (Lipinski definition) is 3. The predicted molar refractivity (Wildman–Crippen MR) is 80.7 cm³/mol. The van der Waals surface area contributed by atoms with Gasteiger partial charge in [0.2, 0.25) is 0 Å². The van der Waals surface area contributed by atoms with Crippen molar-refractivity contribution in [3.05, 3.63) is 45.7 Å². The van der Waals surface area contributed by atoms with Crippen LogP contribution in [0, 0.1) is 25.2 Å². The summed E-state index contributed by atoms with van der Waals surface area (Å²) >= 11 is 3.51. The summed E-state index contributed by atoms with van der Waals surface area (Å²) < 4.78 is 8.68. The first-order valence-electron chi connectivity index (χ1n) is 6.40. The lowest BCUT2D eigenvalue weighted by Crippen LogP contribution is -2.10. The molecule has 0 saturated carbocycles. The Morgan fingerprint density at radius 3 is 2.55 bits per heavy atom. The van der Waals surface area contributed by atoms with Gasteiger partial charge < -0.3 is 4.74 Å². The van der Waals surface area contributed by atoms with Crippen molar-refractivity contribution >= 4 is 15.9 Å². The summed E-state index contributed by atoms with van der Waals surface area (Å²) in [5.74, 6) is 0.812. The van der Waals surface area contributed by atoms with Gasteiger partial charge in [-0.2, -0.15) is 10.4 Å². The minimum atomic E-state index is 0.431. The Bertz CT molecular complexity index is 626. The van der Waals surface area contributed by atoms with E-state index in [0.29, 0.717) is 19.6 Å². The number of benzene rings is 1. The Morgan fingerprint density at radius 1 is 1.30 bits per heavy atom. The van der Waals surface area contributed by atoms with E-state index < -0.39 is 0 Å². The van der Waals surface area contributed by atoms with E-state index >= 15 is 0 Å².